The second kappa shape index (κ2) is 3.64. The number of hydrogen-bond donors (Lipinski definition) is 1. The lowest BCUT2D eigenvalue weighted by atomic mass is 10.0. The minimum Gasteiger partial charge on any atom is -0.464 e. The van der Waals surface area contributed by atoms with E-state index in [9.17, 15) is 9.59 Å². The van der Waals surface area contributed by atoms with Gasteiger partial charge in [-0.15, -0.1) is 0 Å². The third-order valence-corrected chi connectivity index (χ3v) is 1.94. The van der Waals surface area contributed by atoms with Crippen LogP contribution in [0.5, 0.6) is 0 Å². The van der Waals surface area contributed by atoms with Crippen LogP contribution >= 0.6 is 0 Å². The second-order valence-electron chi connectivity index (χ2n) is 3.06. The van der Waals surface area contributed by atoms with Crippen molar-refractivity contribution in [1.29, 1.82) is 0 Å². The van der Waals surface area contributed by atoms with E-state index in [2.05, 4.69) is 10.1 Å². The number of carbonyl (C=O) groups excluding carboxylic acids is 2. The monoisotopic (exact) mass is 187 g/mol. The van der Waals surface area contributed by atoms with Gasteiger partial charge in [-0.05, 0) is 13.8 Å². The molecule has 5 nitrogen and oxygen atoms in total. The fraction of sp³-hybridized carbons (Fsp3) is 0.750. The van der Waals surface area contributed by atoms with E-state index in [4.69, 9.17) is 4.74 Å². The molecule has 0 radical (unpaired) electrons. The molecule has 1 unspecified atom stereocenters. The van der Waals surface area contributed by atoms with Crippen molar-refractivity contribution in [3.63, 3.8) is 0 Å². The van der Waals surface area contributed by atoms with Gasteiger partial charge in [-0.3, -0.25) is 0 Å². The maximum Gasteiger partial charge on any atom is 0.408 e. The van der Waals surface area contributed by atoms with Crippen LogP contribution in [0.1, 0.15) is 20.3 Å². The van der Waals surface area contributed by atoms with Gasteiger partial charge in [-0.1, -0.05) is 0 Å². The van der Waals surface area contributed by atoms with E-state index in [0.29, 0.717) is 13.0 Å². The van der Waals surface area contributed by atoms with Gasteiger partial charge >= 0.3 is 12.1 Å². The van der Waals surface area contributed by atoms with Crippen LogP contribution in [0.25, 0.3) is 0 Å². The van der Waals surface area contributed by atoms with Crippen LogP contribution < -0.4 is 5.32 Å². The Balaban J connectivity index is 2.51. The summed E-state index contributed by atoms with van der Waals surface area (Å²) >= 11 is 0. The van der Waals surface area contributed by atoms with Crippen molar-refractivity contribution in [3.05, 3.63) is 0 Å². The Kier molecular flexibility index (Phi) is 2.75. The lowest BCUT2D eigenvalue weighted by Crippen LogP contribution is -2.49. The zero-order chi connectivity index (χ0) is 9.90. The second-order valence-corrected chi connectivity index (χ2v) is 3.06. The summed E-state index contributed by atoms with van der Waals surface area (Å²) in [6, 6.07) is 0. The molecule has 0 aliphatic carbocycles. The predicted molar refractivity (Wildman–Crippen MR) is 44.1 cm³/mol. The summed E-state index contributed by atoms with van der Waals surface area (Å²) < 4.78 is 9.40. The molecule has 74 valence electrons. The van der Waals surface area contributed by atoms with E-state index >= 15 is 0 Å². The minimum absolute atomic E-state index is 0.289. The predicted octanol–water partition coefficient (Wildman–Crippen LogP) is 0.438. The molecule has 1 rings (SSSR count). The number of amides is 1. The molecule has 1 amide bonds. The summed E-state index contributed by atoms with van der Waals surface area (Å²) in [5, 5.41) is 2.47. The van der Waals surface area contributed by atoms with Gasteiger partial charge < -0.3 is 14.8 Å². The first-order valence-electron chi connectivity index (χ1n) is 4.20. The SMILES string of the molecule is CCOC(=O)NC1(C)CCOC1=O. The Hall–Kier alpha value is -1.26. The molecule has 5 heteroatoms. The summed E-state index contributed by atoms with van der Waals surface area (Å²) in [6.07, 6.45) is -0.0890. The molecular weight excluding hydrogens is 174 g/mol. The molecule has 1 heterocycles. The van der Waals surface area contributed by atoms with Gasteiger partial charge in [-0.25, -0.2) is 9.59 Å². The van der Waals surface area contributed by atoms with Crippen molar-refractivity contribution in [2.24, 2.45) is 0 Å². The van der Waals surface area contributed by atoms with Gasteiger partial charge in [0.15, 0.2) is 0 Å². The fourth-order valence-corrected chi connectivity index (χ4v) is 1.12. The Morgan fingerprint density at radius 3 is 2.92 bits per heavy atom. The lowest BCUT2D eigenvalue weighted by molar-refractivity contribution is -0.142. The van der Waals surface area contributed by atoms with Crippen LogP contribution in [0.15, 0.2) is 0 Å². The van der Waals surface area contributed by atoms with E-state index < -0.39 is 17.6 Å². The molecule has 1 saturated heterocycles. The summed E-state index contributed by atoms with van der Waals surface area (Å²) in [7, 11) is 0. The Morgan fingerprint density at radius 2 is 2.46 bits per heavy atom. The van der Waals surface area contributed by atoms with Gasteiger partial charge in [0.05, 0.1) is 13.2 Å². The minimum atomic E-state index is -0.910. The number of esters is 1. The lowest BCUT2D eigenvalue weighted by Gasteiger charge is -2.19. The highest BCUT2D eigenvalue weighted by Crippen LogP contribution is 2.19. The highest BCUT2D eigenvalue weighted by molar-refractivity contribution is 5.86. The molecule has 13 heavy (non-hydrogen) atoms. The van der Waals surface area contributed by atoms with E-state index in [1.165, 1.54) is 0 Å². The van der Waals surface area contributed by atoms with Gasteiger partial charge in [0, 0.05) is 6.42 Å². The molecule has 0 saturated carbocycles. The van der Waals surface area contributed by atoms with E-state index in [0.717, 1.165) is 0 Å². The Morgan fingerprint density at radius 1 is 1.77 bits per heavy atom. The standard InChI is InChI=1S/C8H13NO4/c1-3-12-7(11)9-8(2)4-5-13-6(8)10/h3-5H2,1-2H3,(H,9,11). The van der Waals surface area contributed by atoms with Crippen LogP contribution in [0.4, 0.5) is 4.79 Å². The summed E-state index contributed by atoms with van der Waals surface area (Å²) in [4.78, 5) is 22.2. The van der Waals surface area contributed by atoms with Gasteiger partial charge in [0.1, 0.15) is 5.54 Å². The van der Waals surface area contributed by atoms with Crippen molar-refractivity contribution in [1.82, 2.24) is 5.32 Å². The summed E-state index contributed by atoms with van der Waals surface area (Å²) in [5.74, 6) is -0.402. The molecular formula is C8H13NO4. The molecule has 0 aromatic heterocycles. The fourth-order valence-electron chi connectivity index (χ4n) is 1.12. The molecule has 0 aromatic rings. The van der Waals surface area contributed by atoms with Crippen LogP contribution in [0.2, 0.25) is 0 Å². The Labute approximate surface area is 76.4 Å². The normalized spacial score (nSPS) is 26.8. The maximum atomic E-state index is 11.1. The van der Waals surface area contributed by atoms with Crippen molar-refractivity contribution in [2.45, 2.75) is 25.8 Å². The average molecular weight is 187 g/mol. The summed E-state index contributed by atoms with van der Waals surface area (Å²) in [5.41, 5.74) is -0.910. The van der Waals surface area contributed by atoms with Crippen molar-refractivity contribution < 1.29 is 19.1 Å². The number of ether oxygens (including phenoxy) is 2. The average Bonchev–Trinajstić information content (AvgIpc) is 2.32. The van der Waals surface area contributed by atoms with E-state index in [1.54, 1.807) is 13.8 Å². The highest BCUT2D eigenvalue weighted by Gasteiger charge is 2.41. The third kappa shape index (κ3) is 2.11. The van der Waals surface area contributed by atoms with Crippen molar-refractivity contribution in [3.8, 4) is 0 Å². The summed E-state index contributed by atoms with van der Waals surface area (Å²) in [6.45, 7) is 3.97. The quantitative estimate of drug-likeness (QED) is 0.637. The van der Waals surface area contributed by atoms with Crippen LogP contribution in [-0.4, -0.2) is 30.8 Å². The molecule has 0 bridgehead atoms. The number of rotatable bonds is 2. The van der Waals surface area contributed by atoms with Gasteiger partial charge in [-0.2, -0.15) is 0 Å². The number of alkyl carbamates (subject to hydrolysis) is 1. The molecule has 1 aliphatic rings. The number of hydrogen-bond acceptors (Lipinski definition) is 4. The van der Waals surface area contributed by atoms with Crippen molar-refractivity contribution >= 4 is 12.1 Å². The van der Waals surface area contributed by atoms with E-state index in [1.807, 2.05) is 0 Å². The smallest absolute Gasteiger partial charge is 0.408 e. The molecule has 0 aromatic carbocycles. The first kappa shape index (κ1) is 9.83. The topological polar surface area (TPSA) is 64.6 Å². The Bertz CT molecular complexity index is 228. The van der Waals surface area contributed by atoms with Gasteiger partial charge in [0.2, 0.25) is 0 Å². The first-order valence-corrected chi connectivity index (χ1v) is 4.20. The van der Waals surface area contributed by atoms with E-state index in [-0.39, 0.29) is 6.61 Å². The number of carbonyl (C=O) groups is 2. The van der Waals surface area contributed by atoms with Gasteiger partial charge in [0.25, 0.3) is 0 Å². The van der Waals surface area contributed by atoms with Crippen molar-refractivity contribution in [2.75, 3.05) is 13.2 Å². The maximum absolute atomic E-state index is 11.1. The zero-order valence-corrected chi connectivity index (χ0v) is 7.75. The number of nitrogens with one attached hydrogen (secondary N) is 1. The van der Waals surface area contributed by atoms with Crippen LogP contribution in [0.3, 0.4) is 0 Å². The van der Waals surface area contributed by atoms with Crippen LogP contribution in [0, 0.1) is 0 Å². The zero-order valence-electron chi connectivity index (χ0n) is 7.75. The van der Waals surface area contributed by atoms with Crippen LogP contribution in [-0.2, 0) is 14.3 Å². The molecule has 1 fully saturated rings. The highest BCUT2D eigenvalue weighted by atomic mass is 16.6. The molecule has 0 spiro atoms. The third-order valence-electron chi connectivity index (χ3n) is 1.94. The molecule has 1 N–H and O–H groups in total. The molecule has 1 aliphatic heterocycles. The first-order chi connectivity index (χ1) is 6.08. The largest absolute Gasteiger partial charge is 0.464 e. The molecule has 1 atom stereocenters. The number of cyclic esters (lactones) is 1.